The molecule has 1 aromatic heterocycles. The van der Waals surface area contributed by atoms with Crippen molar-refractivity contribution < 1.29 is 19.0 Å². The lowest BCUT2D eigenvalue weighted by molar-refractivity contribution is -0.140. The molecule has 1 aliphatic heterocycles. The third kappa shape index (κ3) is 7.08. The molecule has 0 bridgehead atoms. The molecule has 1 N–H and O–H groups in total. The number of anilines is 1. The van der Waals surface area contributed by atoms with Gasteiger partial charge in [-0.25, -0.2) is 9.48 Å². The van der Waals surface area contributed by atoms with E-state index in [9.17, 15) is 4.79 Å². The van der Waals surface area contributed by atoms with Gasteiger partial charge in [0.25, 0.3) is 0 Å². The number of halogens is 1. The van der Waals surface area contributed by atoms with Crippen LogP contribution in [0.25, 0.3) is 0 Å². The second kappa shape index (κ2) is 14.1. The molecule has 1 aliphatic rings. The number of nitrogens with zero attached hydrogens (tertiary/aromatic N) is 3. The lowest BCUT2D eigenvalue weighted by Crippen LogP contribution is -2.29. The van der Waals surface area contributed by atoms with E-state index in [0.717, 1.165) is 34.4 Å². The maximum atomic E-state index is 13.8. The summed E-state index contributed by atoms with van der Waals surface area (Å²) < 4.78 is 20.7. The number of benzene rings is 3. The van der Waals surface area contributed by atoms with Crippen molar-refractivity contribution in [2.24, 2.45) is 0 Å². The molecule has 10 heteroatoms. The second-order valence-corrected chi connectivity index (χ2v) is 12.0. The molecule has 0 radical (unpaired) electrons. The van der Waals surface area contributed by atoms with Gasteiger partial charge < -0.3 is 19.5 Å². The number of nitrogens with one attached hydrogen (secondary N) is 1. The standard InChI is InChI=1S/C33H35BrN4O4S/c1-5-16-43-33-36-32-35-22(4)28(31(39)42-19-23-13-8-7-9-14-23)29(38(32)37-33)25-17-26(34)30(27(18-25)40-6-2)41-20-24-15-11-10-12-21(24)3/h7-15,17-18,29H,5-6,16,19-20H2,1-4H3,(H,35,36,37). The Bertz CT molecular complexity index is 1620. The van der Waals surface area contributed by atoms with E-state index in [1.54, 1.807) is 16.4 Å². The Morgan fingerprint density at radius 1 is 1.02 bits per heavy atom. The number of carbonyl (C=O) groups excluding carboxylic acids is 1. The van der Waals surface area contributed by atoms with Crippen LogP contribution in [-0.2, 0) is 22.7 Å². The van der Waals surface area contributed by atoms with Crippen LogP contribution in [0.15, 0.2) is 87.6 Å². The molecule has 8 nitrogen and oxygen atoms in total. The van der Waals surface area contributed by atoms with Crippen molar-refractivity contribution >= 4 is 39.6 Å². The highest BCUT2D eigenvalue weighted by molar-refractivity contribution is 9.10. The van der Waals surface area contributed by atoms with Crippen LogP contribution in [0.4, 0.5) is 5.95 Å². The molecule has 1 atom stereocenters. The number of ether oxygens (including phenoxy) is 3. The molecule has 3 aromatic carbocycles. The Morgan fingerprint density at radius 2 is 1.79 bits per heavy atom. The molecule has 0 spiro atoms. The van der Waals surface area contributed by atoms with Crippen molar-refractivity contribution in [1.29, 1.82) is 0 Å². The number of aromatic nitrogens is 3. The number of fused-ring (bicyclic) bond motifs is 1. The summed E-state index contributed by atoms with van der Waals surface area (Å²) in [6.07, 6.45) is 0.994. The first-order valence-electron chi connectivity index (χ1n) is 14.3. The average molecular weight is 664 g/mol. The predicted octanol–water partition coefficient (Wildman–Crippen LogP) is 7.86. The summed E-state index contributed by atoms with van der Waals surface area (Å²) in [6, 6.07) is 21.0. The molecule has 0 amide bonds. The molecule has 43 heavy (non-hydrogen) atoms. The Hall–Kier alpha value is -3.76. The van der Waals surface area contributed by atoms with E-state index in [2.05, 4.69) is 41.2 Å². The van der Waals surface area contributed by atoms with Crippen LogP contribution < -0.4 is 14.8 Å². The summed E-state index contributed by atoms with van der Waals surface area (Å²) in [5, 5.41) is 8.75. The summed E-state index contributed by atoms with van der Waals surface area (Å²) in [4.78, 5) is 18.5. The van der Waals surface area contributed by atoms with Crippen molar-refractivity contribution in [3.8, 4) is 11.5 Å². The zero-order valence-electron chi connectivity index (χ0n) is 24.7. The smallest absolute Gasteiger partial charge is 0.338 e. The van der Waals surface area contributed by atoms with E-state index in [0.29, 0.717) is 51.6 Å². The van der Waals surface area contributed by atoms with Gasteiger partial charge in [-0.3, -0.25) is 0 Å². The van der Waals surface area contributed by atoms with Gasteiger partial charge in [-0.1, -0.05) is 73.3 Å². The van der Waals surface area contributed by atoms with Gasteiger partial charge in [-0.05, 0) is 77.5 Å². The minimum absolute atomic E-state index is 0.157. The van der Waals surface area contributed by atoms with Crippen molar-refractivity contribution in [1.82, 2.24) is 14.8 Å². The van der Waals surface area contributed by atoms with Gasteiger partial charge in [0.05, 0.1) is 16.7 Å². The number of hydrogen-bond donors (Lipinski definition) is 1. The first-order valence-corrected chi connectivity index (χ1v) is 16.1. The highest BCUT2D eigenvalue weighted by Gasteiger charge is 2.36. The molecular weight excluding hydrogens is 628 g/mol. The van der Waals surface area contributed by atoms with Gasteiger partial charge >= 0.3 is 5.97 Å². The van der Waals surface area contributed by atoms with Crippen molar-refractivity contribution in [3.63, 3.8) is 0 Å². The third-order valence-corrected chi connectivity index (χ3v) is 8.61. The normalized spacial score (nSPS) is 14.2. The maximum Gasteiger partial charge on any atom is 0.338 e. The lowest BCUT2D eigenvalue weighted by Gasteiger charge is -2.29. The summed E-state index contributed by atoms with van der Waals surface area (Å²) >= 11 is 5.32. The highest BCUT2D eigenvalue weighted by Crippen LogP contribution is 2.44. The van der Waals surface area contributed by atoms with Crippen LogP contribution in [0.2, 0.25) is 0 Å². The van der Waals surface area contributed by atoms with E-state index >= 15 is 0 Å². The lowest BCUT2D eigenvalue weighted by atomic mass is 9.95. The molecule has 0 fully saturated rings. The third-order valence-electron chi connectivity index (χ3n) is 6.98. The van der Waals surface area contributed by atoms with Crippen LogP contribution in [0, 0.1) is 6.92 Å². The summed E-state index contributed by atoms with van der Waals surface area (Å²) in [6.45, 7) is 8.96. The average Bonchev–Trinajstić information content (AvgIpc) is 3.41. The van der Waals surface area contributed by atoms with Crippen LogP contribution >= 0.6 is 27.7 Å². The molecule has 5 rings (SSSR count). The first-order chi connectivity index (χ1) is 20.9. The fourth-order valence-electron chi connectivity index (χ4n) is 4.83. The SMILES string of the molecule is CCCSc1nc2n(n1)C(c1cc(Br)c(OCc3ccccc3C)c(OCC)c1)C(C(=O)OCc1ccccc1)=C(C)N2. The number of rotatable bonds is 12. The number of aryl methyl sites for hydroxylation is 1. The topological polar surface area (TPSA) is 87.5 Å². The van der Waals surface area contributed by atoms with Crippen LogP contribution in [-0.4, -0.2) is 33.1 Å². The largest absolute Gasteiger partial charge is 0.490 e. The fourth-order valence-corrected chi connectivity index (χ4v) is 6.09. The molecule has 4 aromatic rings. The zero-order chi connectivity index (χ0) is 30.3. The number of thioether (sulfide) groups is 1. The van der Waals surface area contributed by atoms with Crippen LogP contribution in [0.3, 0.4) is 0 Å². The molecule has 0 saturated carbocycles. The van der Waals surface area contributed by atoms with Crippen LogP contribution in [0.5, 0.6) is 11.5 Å². The van der Waals surface area contributed by atoms with E-state index < -0.39 is 12.0 Å². The van der Waals surface area contributed by atoms with E-state index in [1.807, 2.05) is 74.5 Å². The molecule has 2 heterocycles. The quantitative estimate of drug-likeness (QED) is 0.121. The summed E-state index contributed by atoms with van der Waals surface area (Å²) in [5.41, 5.74) is 5.03. The monoisotopic (exact) mass is 662 g/mol. The van der Waals surface area contributed by atoms with Crippen LogP contribution in [0.1, 0.15) is 55.5 Å². The Balaban J connectivity index is 1.53. The number of esters is 1. The zero-order valence-corrected chi connectivity index (χ0v) is 27.1. The van der Waals surface area contributed by atoms with Gasteiger partial charge in [-0.15, -0.1) is 5.10 Å². The Labute approximate surface area is 265 Å². The maximum absolute atomic E-state index is 13.8. The van der Waals surface area contributed by atoms with Crippen molar-refractivity contribution in [2.45, 2.75) is 58.5 Å². The van der Waals surface area contributed by atoms with Crippen molar-refractivity contribution in [3.05, 3.63) is 105 Å². The molecule has 224 valence electrons. The van der Waals surface area contributed by atoms with Crippen molar-refractivity contribution in [2.75, 3.05) is 17.7 Å². The molecular formula is C33H35BrN4O4S. The van der Waals surface area contributed by atoms with E-state index in [4.69, 9.17) is 24.3 Å². The second-order valence-electron chi connectivity index (χ2n) is 10.1. The van der Waals surface area contributed by atoms with Gasteiger partial charge in [0, 0.05) is 11.4 Å². The number of allylic oxidation sites excluding steroid dienone is 1. The molecule has 0 saturated heterocycles. The molecule has 1 unspecified atom stereocenters. The van der Waals surface area contributed by atoms with E-state index in [1.165, 1.54) is 0 Å². The molecule has 0 aliphatic carbocycles. The number of carbonyl (C=O) groups is 1. The minimum Gasteiger partial charge on any atom is -0.490 e. The van der Waals surface area contributed by atoms with Gasteiger partial charge in [0.15, 0.2) is 11.5 Å². The Kier molecular flexibility index (Phi) is 10.1. The van der Waals surface area contributed by atoms with E-state index in [-0.39, 0.29) is 6.61 Å². The Morgan fingerprint density at radius 3 is 2.53 bits per heavy atom. The summed E-state index contributed by atoms with van der Waals surface area (Å²) in [7, 11) is 0. The first kappa shape index (κ1) is 30.7. The van der Waals surface area contributed by atoms with Gasteiger partial charge in [0.2, 0.25) is 11.1 Å². The van der Waals surface area contributed by atoms with Gasteiger partial charge in [-0.2, -0.15) is 4.98 Å². The summed E-state index contributed by atoms with van der Waals surface area (Å²) in [5.74, 6) is 2.18. The number of hydrogen-bond acceptors (Lipinski definition) is 8. The minimum atomic E-state index is -0.607. The fraction of sp³-hybridized carbons (Fsp3) is 0.303. The predicted molar refractivity (Wildman–Crippen MR) is 173 cm³/mol. The van der Waals surface area contributed by atoms with Gasteiger partial charge in [0.1, 0.15) is 19.3 Å². The highest BCUT2D eigenvalue weighted by atomic mass is 79.9.